The predicted molar refractivity (Wildman–Crippen MR) is 73.2 cm³/mol. The molecule has 2 saturated heterocycles. The highest BCUT2D eigenvalue weighted by atomic mass is 16.5. The number of carbonyl (C=O) groups is 1. The molecule has 110 valence electrons. The molecule has 1 unspecified atom stereocenters. The van der Waals surface area contributed by atoms with Gasteiger partial charge in [-0.05, 0) is 39.8 Å². The lowest BCUT2D eigenvalue weighted by molar-refractivity contribution is -0.143. The number of morpholine rings is 1. The van der Waals surface area contributed by atoms with Crippen LogP contribution in [0.4, 0.5) is 0 Å². The third-order valence-corrected chi connectivity index (χ3v) is 4.30. The van der Waals surface area contributed by atoms with E-state index in [9.17, 15) is 4.79 Å². The van der Waals surface area contributed by atoms with E-state index in [2.05, 4.69) is 23.6 Å². The Morgan fingerprint density at radius 2 is 2.00 bits per heavy atom. The Labute approximate surface area is 115 Å². The molecule has 0 aromatic carbocycles. The normalized spacial score (nSPS) is 27.8. The van der Waals surface area contributed by atoms with E-state index in [-0.39, 0.29) is 12.0 Å². The number of hydrogen-bond acceptors (Lipinski definition) is 4. The Hall–Kier alpha value is -0.650. The Bertz CT molecular complexity index is 301. The SMILES string of the molecule is CC(C)N1CCOC(CN2CCC(C(=O)O)CC2)C1. The third kappa shape index (κ3) is 4.16. The molecule has 0 bridgehead atoms. The Balaban J connectivity index is 1.74. The summed E-state index contributed by atoms with van der Waals surface area (Å²) in [6, 6.07) is 0.573. The van der Waals surface area contributed by atoms with E-state index < -0.39 is 5.97 Å². The van der Waals surface area contributed by atoms with Crippen molar-refractivity contribution in [1.29, 1.82) is 0 Å². The quantitative estimate of drug-likeness (QED) is 0.822. The number of ether oxygens (including phenoxy) is 1. The first-order chi connectivity index (χ1) is 9.06. The molecule has 0 aliphatic carbocycles. The smallest absolute Gasteiger partial charge is 0.306 e. The number of hydrogen-bond donors (Lipinski definition) is 1. The summed E-state index contributed by atoms with van der Waals surface area (Å²) in [7, 11) is 0. The number of rotatable bonds is 4. The van der Waals surface area contributed by atoms with E-state index in [4.69, 9.17) is 9.84 Å². The Morgan fingerprint density at radius 1 is 1.32 bits per heavy atom. The van der Waals surface area contributed by atoms with E-state index in [1.807, 2.05) is 0 Å². The molecule has 0 saturated carbocycles. The molecular formula is C14H26N2O3. The van der Waals surface area contributed by atoms with Gasteiger partial charge >= 0.3 is 5.97 Å². The van der Waals surface area contributed by atoms with Crippen LogP contribution >= 0.6 is 0 Å². The summed E-state index contributed by atoms with van der Waals surface area (Å²) in [5.74, 6) is -0.782. The number of likely N-dealkylation sites (tertiary alicyclic amines) is 1. The highest BCUT2D eigenvalue weighted by Crippen LogP contribution is 2.18. The monoisotopic (exact) mass is 270 g/mol. The van der Waals surface area contributed by atoms with Crippen LogP contribution in [0.15, 0.2) is 0 Å². The average molecular weight is 270 g/mol. The lowest BCUT2D eigenvalue weighted by Crippen LogP contribution is -2.51. The topological polar surface area (TPSA) is 53.0 Å². The molecule has 2 aliphatic rings. The number of aliphatic carboxylic acids is 1. The van der Waals surface area contributed by atoms with E-state index in [1.165, 1.54) is 0 Å². The fourth-order valence-electron chi connectivity index (χ4n) is 2.97. The van der Waals surface area contributed by atoms with E-state index in [0.29, 0.717) is 6.04 Å². The van der Waals surface area contributed by atoms with E-state index >= 15 is 0 Å². The van der Waals surface area contributed by atoms with Crippen LogP contribution in [0.25, 0.3) is 0 Å². The highest BCUT2D eigenvalue weighted by molar-refractivity contribution is 5.70. The van der Waals surface area contributed by atoms with Gasteiger partial charge in [0.1, 0.15) is 0 Å². The van der Waals surface area contributed by atoms with Crippen molar-refractivity contribution in [2.45, 2.75) is 38.8 Å². The van der Waals surface area contributed by atoms with Crippen molar-refractivity contribution in [3.63, 3.8) is 0 Å². The molecule has 1 atom stereocenters. The van der Waals surface area contributed by atoms with Crippen LogP contribution in [-0.4, -0.2) is 72.4 Å². The van der Waals surface area contributed by atoms with Crippen LogP contribution in [0, 0.1) is 5.92 Å². The maximum Gasteiger partial charge on any atom is 0.306 e. The van der Waals surface area contributed by atoms with Gasteiger partial charge in [-0.1, -0.05) is 0 Å². The fourth-order valence-corrected chi connectivity index (χ4v) is 2.97. The number of carboxylic acids is 1. The number of carboxylic acid groups (broad SMARTS) is 1. The molecule has 2 rings (SSSR count). The minimum Gasteiger partial charge on any atom is -0.481 e. The van der Waals surface area contributed by atoms with Gasteiger partial charge in [0.15, 0.2) is 0 Å². The summed E-state index contributed by atoms with van der Waals surface area (Å²) in [4.78, 5) is 15.7. The second-order valence-corrected chi connectivity index (χ2v) is 5.99. The first-order valence-corrected chi connectivity index (χ1v) is 7.37. The number of piperidine rings is 1. The summed E-state index contributed by atoms with van der Waals surface area (Å²) in [6.07, 6.45) is 1.82. The van der Waals surface area contributed by atoms with Crippen LogP contribution in [0.3, 0.4) is 0 Å². The second-order valence-electron chi connectivity index (χ2n) is 5.99. The largest absolute Gasteiger partial charge is 0.481 e. The fraction of sp³-hybridized carbons (Fsp3) is 0.929. The zero-order valence-electron chi connectivity index (χ0n) is 12.0. The standard InChI is InChI=1S/C14H26N2O3/c1-11(2)16-7-8-19-13(10-16)9-15-5-3-12(4-6-15)14(17)18/h11-13H,3-10H2,1-2H3,(H,17,18). The minimum absolute atomic E-state index is 0.143. The second kappa shape index (κ2) is 6.68. The van der Waals surface area contributed by atoms with Gasteiger partial charge in [0.25, 0.3) is 0 Å². The zero-order chi connectivity index (χ0) is 13.8. The highest BCUT2D eigenvalue weighted by Gasteiger charge is 2.28. The summed E-state index contributed by atoms with van der Waals surface area (Å²) in [5.41, 5.74) is 0. The summed E-state index contributed by atoms with van der Waals surface area (Å²) in [5, 5.41) is 8.99. The predicted octanol–water partition coefficient (Wildman–Crippen LogP) is 0.892. The van der Waals surface area contributed by atoms with Gasteiger partial charge < -0.3 is 14.7 Å². The summed E-state index contributed by atoms with van der Waals surface area (Å²) < 4.78 is 5.84. The molecule has 0 amide bonds. The first-order valence-electron chi connectivity index (χ1n) is 7.37. The van der Waals surface area contributed by atoms with Crippen LogP contribution < -0.4 is 0 Å². The molecule has 19 heavy (non-hydrogen) atoms. The molecule has 2 fully saturated rings. The van der Waals surface area contributed by atoms with Crippen LogP contribution in [0.2, 0.25) is 0 Å². The van der Waals surface area contributed by atoms with Gasteiger partial charge in [0.05, 0.1) is 18.6 Å². The van der Waals surface area contributed by atoms with Gasteiger partial charge in [-0.25, -0.2) is 0 Å². The molecule has 5 heteroatoms. The van der Waals surface area contributed by atoms with Crippen LogP contribution in [0.1, 0.15) is 26.7 Å². The van der Waals surface area contributed by atoms with Gasteiger partial charge in [-0.3, -0.25) is 9.69 Å². The molecule has 2 heterocycles. The molecular weight excluding hydrogens is 244 g/mol. The molecule has 0 spiro atoms. The van der Waals surface area contributed by atoms with Gasteiger partial charge in [0, 0.05) is 25.7 Å². The Kier molecular flexibility index (Phi) is 5.19. The first kappa shape index (κ1) is 14.8. The molecule has 0 radical (unpaired) electrons. The minimum atomic E-state index is -0.639. The molecule has 0 aromatic heterocycles. The lowest BCUT2D eigenvalue weighted by atomic mass is 9.97. The number of nitrogens with zero attached hydrogens (tertiary/aromatic N) is 2. The molecule has 0 aromatic rings. The average Bonchev–Trinajstić information content (AvgIpc) is 2.39. The van der Waals surface area contributed by atoms with Gasteiger partial charge in [-0.15, -0.1) is 0 Å². The van der Waals surface area contributed by atoms with Crippen molar-refractivity contribution >= 4 is 5.97 Å². The van der Waals surface area contributed by atoms with Crippen molar-refractivity contribution in [1.82, 2.24) is 9.80 Å². The van der Waals surface area contributed by atoms with Crippen molar-refractivity contribution < 1.29 is 14.6 Å². The summed E-state index contributed by atoms with van der Waals surface area (Å²) >= 11 is 0. The van der Waals surface area contributed by atoms with Gasteiger partial charge in [-0.2, -0.15) is 0 Å². The zero-order valence-corrected chi connectivity index (χ0v) is 12.0. The van der Waals surface area contributed by atoms with Crippen LogP contribution in [0.5, 0.6) is 0 Å². The van der Waals surface area contributed by atoms with Crippen molar-refractivity contribution in [3.05, 3.63) is 0 Å². The van der Waals surface area contributed by atoms with Crippen molar-refractivity contribution in [2.24, 2.45) is 5.92 Å². The molecule has 1 N–H and O–H groups in total. The van der Waals surface area contributed by atoms with Gasteiger partial charge in [0.2, 0.25) is 0 Å². The molecule has 5 nitrogen and oxygen atoms in total. The van der Waals surface area contributed by atoms with E-state index in [0.717, 1.165) is 52.2 Å². The maximum atomic E-state index is 10.9. The Morgan fingerprint density at radius 3 is 2.58 bits per heavy atom. The van der Waals surface area contributed by atoms with Crippen molar-refractivity contribution in [3.8, 4) is 0 Å². The lowest BCUT2D eigenvalue weighted by Gasteiger charge is -2.39. The molecule has 2 aliphatic heterocycles. The van der Waals surface area contributed by atoms with Crippen LogP contribution in [-0.2, 0) is 9.53 Å². The van der Waals surface area contributed by atoms with E-state index in [1.54, 1.807) is 0 Å². The van der Waals surface area contributed by atoms with Crippen molar-refractivity contribution in [2.75, 3.05) is 39.3 Å². The summed E-state index contributed by atoms with van der Waals surface area (Å²) in [6.45, 7) is 9.99. The maximum absolute atomic E-state index is 10.9. The third-order valence-electron chi connectivity index (χ3n) is 4.30.